The van der Waals surface area contributed by atoms with Gasteiger partial charge in [-0.15, -0.1) is 0 Å². The van der Waals surface area contributed by atoms with E-state index in [0.717, 1.165) is 32.1 Å². The molecule has 0 spiro atoms. The van der Waals surface area contributed by atoms with Gasteiger partial charge in [-0.2, -0.15) is 4.31 Å². The van der Waals surface area contributed by atoms with Gasteiger partial charge in [-0.05, 0) is 43.9 Å². The van der Waals surface area contributed by atoms with E-state index in [9.17, 15) is 18.0 Å². The zero-order chi connectivity index (χ0) is 17.2. The molecular weight excluding hydrogens is 330 g/mol. The number of nitrogens with one attached hydrogen (secondary N) is 2. The van der Waals surface area contributed by atoms with Gasteiger partial charge in [0.15, 0.2) is 0 Å². The molecule has 0 bridgehead atoms. The van der Waals surface area contributed by atoms with Crippen molar-refractivity contribution in [1.82, 2.24) is 15.2 Å². The van der Waals surface area contributed by atoms with Gasteiger partial charge in [-0.25, -0.2) is 8.42 Å². The standard InChI is InChI=1S/C16H21N3O4S/c20-15(12-5-3-6-12)17-18-16(21)13-7-4-8-14(11-13)24(22,23)19-9-1-2-10-19/h4,7-8,11-12H,1-3,5-6,9-10H2,(H,17,20)(H,18,21). The van der Waals surface area contributed by atoms with Crippen molar-refractivity contribution in [3.8, 4) is 0 Å². The van der Waals surface area contributed by atoms with E-state index >= 15 is 0 Å². The molecule has 130 valence electrons. The Bertz CT molecular complexity index is 737. The molecule has 1 aliphatic carbocycles. The zero-order valence-electron chi connectivity index (χ0n) is 13.3. The van der Waals surface area contributed by atoms with Crippen molar-refractivity contribution >= 4 is 21.8 Å². The lowest BCUT2D eigenvalue weighted by Crippen LogP contribution is -2.46. The summed E-state index contributed by atoms with van der Waals surface area (Å²) in [6, 6.07) is 5.88. The summed E-state index contributed by atoms with van der Waals surface area (Å²) >= 11 is 0. The van der Waals surface area contributed by atoms with E-state index in [0.29, 0.717) is 13.1 Å². The van der Waals surface area contributed by atoms with Gasteiger partial charge in [-0.3, -0.25) is 20.4 Å². The number of carbonyl (C=O) groups is 2. The van der Waals surface area contributed by atoms with Crippen molar-refractivity contribution in [3.63, 3.8) is 0 Å². The minimum Gasteiger partial charge on any atom is -0.273 e. The second kappa shape index (κ2) is 6.90. The van der Waals surface area contributed by atoms with Gasteiger partial charge in [0.2, 0.25) is 15.9 Å². The fourth-order valence-corrected chi connectivity index (χ4v) is 4.40. The Labute approximate surface area is 141 Å². The Balaban J connectivity index is 1.67. The van der Waals surface area contributed by atoms with E-state index in [4.69, 9.17) is 0 Å². The van der Waals surface area contributed by atoms with Crippen LogP contribution in [0.5, 0.6) is 0 Å². The number of nitrogens with zero attached hydrogens (tertiary/aromatic N) is 1. The molecule has 0 aromatic heterocycles. The molecule has 2 N–H and O–H groups in total. The number of hydrogen-bond acceptors (Lipinski definition) is 4. The summed E-state index contributed by atoms with van der Waals surface area (Å²) in [5, 5.41) is 0. The molecule has 2 amide bonds. The fraction of sp³-hybridized carbons (Fsp3) is 0.500. The highest BCUT2D eigenvalue weighted by Gasteiger charge is 2.28. The van der Waals surface area contributed by atoms with Crippen molar-refractivity contribution in [1.29, 1.82) is 0 Å². The van der Waals surface area contributed by atoms with E-state index in [1.54, 1.807) is 0 Å². The van der Waals surface area contributed by atoms with Crippen molar-refractivity contribution in [2.45, 2.75) is 37.0 Å². The van der Waals surface area contributed by atoms with Crippen LogP contribution >= 0.6 is 0 Å². The van der Waals surface area contributed by atoms with Crippen molar-refractivity contribution in [2.75, 3.05) is 13.1 Å². The van der Waals surface area contributed by atoms with Gasteiger partial charge >= 0.3 is 0 Å². The van der Waals surface area contributed by atoms with Crippen LogP contribution in [0.25, 0.3) is 0 Å². The van der Waals surface area contributed by atoms with Crippen LogP contribution in [0.1, 0.15) is 42.5 Å². The van der Waals surface area contributed by atoms with Gasteiger partial charge in [0, 0.05) is 24.6 Å². The maximum atomic E-state index is 12.5. The molecule has 0 unspecified atom stereocenters. The van der Waals surface area contributed by atoms with Crippen LogP contribution in [0.3, 0.4) is 0 Å². The molecule has 1 aliphatic heterocycles. The normalized spacial score (nSPS) is 18.8. The number of carbonyl (C=O) groups excluding carboxylic acids is 2. The van der Waals surface area contributed by atoms with Gasteiger partial charge in [0.25, 0.3) is 5.91 Å². The summed E-state index contributed by atoms with van der Waals surface area (Å²) in [6.45, 7) is 1.02. The highest BCUT2D eigenvalue weighted by molar-refractivity contribution is 7.89. The van der Waals surface area contributed by atoms with Gasteiger partial charge in [-0.1, -0.05) is 12.5 Å². The molecular formula is C16H21N3O4S. The molecule has 7 nitrogen and oxygen atoms in total. The first-order valence-electron chi connectivity index (χ1n) is 8.19. The Morgan fingerprint density at radius 1 is 1.04 bits per heavy atom. The highest BCUT2D eigenvalue weighted by Crippen LogP contribution is 2.26. The van der Waals surface area contributed by atoms with Gasteiger partial charge in [0.05, 0.1) is 4.90 Å². The molecule has 24 heavy (non-hydrogen) atoms. The average Bonchev–Trinajstić information content (AvgIpc) is 3.06. The number of rotatable bonds is 4. The first-order chi connectivity index (χ1) is 11.5. The van der Waals surface area contributed by atoms with E-state index in [1.165, 1.54) is 28.6 Å². The van der Waals surface area contributed by atoms with Crippen LogP contribution in [-0.4, -0.2) is 37.6 Å². The molecule has 1 heterocycles. The van der Waals surface area contributed by atoms with Crippen LogP contribution in [0.4, 0.5) is 0 Å². The topological polar surface area (TPSA) is 95.6 Å². The Morgan fingerprint density at radius 2 is 1.75 bits per heavy atom. The van der Waals surface area contributed by atoms with Crippen LogP contribution in [0, 0.1) is 5.92 Å². The molecule has 0 atom stereocenters. The summed E-state index contributed by atoms with van der Waals surface area (Å²) < 4.78 is 26.5. The van der Waals surface area contributed by atoms with E-state index in [1.807, 2.05) is 0 Å². The number of sulfonamides is 1. The fourth-order valence-electron chi connectivity index (χ4n) is 2.84. The maximum absolute atomic E-state index is 12.5. The zero-order valence-corrected chi connectivity index (χ0v) is 14.1. The molecule has 8 heteroatoms. The maximum Gasteiger partial charge on any atom is 0.269 e. The van der Waals surface area contributed by atoms with E-state index in [-0.39, 0.29) is 22.3 Å². The van der Waals surface area contributed by atoms with Gasteiger partial charge in [0.1, 0.15) is 0 Å². The second-order valence-electron chi connectivity index (χ2n) is 6.21. The Kier molecular flexibility index (Phi) is 4.86. The highest BCUT2D eigenvalue weighted by atomic mass is 32.2. The Morgan fingerprint density at radius 3 is 2.38 bits per heavy atom. The summed E-state index contributed by atoms with van der Waals surface area (Å²) in [5.74, 6) is -0.760. The van der Waals surface area contributed by atoms with Crippen molar-refractivity contribution in [2.24, 2.45) is 5.92 Å². The predicted octanol–water partition coefficient (Wildman–Crippen LogP) is 1.03. The van der Waals surface area contributed by atoms with Crippen LogP contribution in [-0.2, 0) is 14.8 Å². The minimum absolute atomic E-state index is 0.0350. The molecule has 1 saturated heterocycles. The van der Waals surface area contributed by atoms with Crippen LogP contribution < -0.4 is 10.9 Å². The van der Waals surface area contributed by atoms with Crippen LogP contribution in [0.15, 0.2) is 29.2 Å². The smallest absolute Gasteiger partial charge is 0.269 e. The summed E-state index contributed by atoms with van der Waals surface area (Å²) in [6.07, 6.45) is 4.41. The SMILES string of the molecule is O=C(NNC(=O)C1CCC1)c1cccc(S(=O)(=O)N2CCCC2)c1. The third kappa shape index (κ3) is 3.44. The molecule has 2 fully saturated rings. The molecule has 3 rings (SSSR count). The monoisotopic (exact) mass is 351 g/mol. The second-order valence-corrected chi connectivity index (χ2v) is 8.15. The third-order valence-electron chi connectivity index (χ3n) is 4.57. The van der Waals surface area contributed by atoms with Crippen molar-refractivity contribution < 1.29 is 18.0 Å². The van der Waals surface area contributed by atoms with Gasteiger partial charge < -0.3 is 0 Å². The van der Waals surface area contributed by atoms with E-state index < -0.39 is 15.9 Å². The molecule has 0 radical (unpaired) electrons. The third-order valence-corrected chi connectivity index (χ3v) is 6.47. The lowest BCUT2D eigenvalue weighted by Gasteiger charge is -2.24. The number of benzene rings is 1. The molecule has 1 saturated carbocycles. The largest absolute Gasteiger partial charge is 0.273 e. The predicted molar refractivity (Wildman–Crippen MR) is 87.4 cm³/mol. The molecule has 1 aromatic rings. The van der Waals surface area contributed by atoms with E-state index in [2.05, 4.69) is 10.9 Å². The molecule has 1 aromatic carbocycles. The lowest BCUT2D eigenvalue weighted by molar-refractivity contribution is -0.128. The number of hydrogen-bond donors (Lipinski definition) is 2. The first-order valence-corrected chi connectivity index (χ1v) is 9.63. The van der Waals surface area contributed by atoms with Crippen molar-refractivity contribution in [3.05, 3.63) is 29.8 Å². The lowest BCUT2D eigenvalue weighted by atomic mass is 9.85. The Hall–Kier alpha value is -1.93. The summed E-state index contributed by atoms with van der Waals surface area (Å²) in [5.41, 5.74) is 4.95. The van der Waals surface area contributed by atoms with Crippen LogP contribution in [0.2, 0.25) is 0 Å². The first kappa shape index (κ1) is 16.9. The number of amides is 2. The number of hydrazine groups is 1. The molecule has 2 aliphatic rings. The summed E-state index contributed by atoms with van der Waals surface area (Å²) in [4.78, 5) is 24.0. The quantitative estimate of drug-likeness (QED) is 0.792. The minimum atomic E-state index is -3.57. The average molecular weight is 351 g/mol. The summed E-state index contributed by atoms with van der Waals surface area (Å²) in [7, 11) is -3.57.